The van der Waals surface area contributed by atoms with Crippen molar-refractivity contribution in [3.63, 3.8) is 0 Å². The Morgan fingerprint density at radius 1 is 1.36 bits per heavy atom. The van der Waals surface area contributed by atoms with Gasteiger partial charge in [-0.2, -0.15) is 0 Å². The molecule has 0 aliphatic carbocycles. The average molecular weight is 196 g/mol. The Kier molecular flexibility index (Phi) is 7.84. The Morgan fingerprint density at radius 2 is 1.93 bits per heavy atom. The summed E-state index contributed by atoms with van der Waals surface area (Å²) in [5.74, 6) is 0.144. The lowest BCUT2D eigenvalue weighted by atomic mass is 10.3. The minimum absolute atomic E-state index is 0.144. The molecule has 0 aliphatic heterocycles. The van der Waals surface area contributed by atoms with E-state index < -0.39 is 0 Å². The number of amides is 1. The first kappa shape index (κ1) is 12.9. The van der Waals surface area contributed by atoms with Gasteiger partial charge in [-0.1, -0.05) is 19.1 Å². The van der Waals surface area contributed by atoms with Crippen LogP contribution >= 0.6 is 0 Å². The monoisotopic (exact) mass is 196 g/mol. The summed E-state index contributed by atoms with van der Waals surface area (Å²) in [6, 6.07) is 0. The molecule has 1 amide bonds. The lowest BCUT2D eigenvalue weighted by molar-refractivity contribution is -0.130. The van der Waals surface area contributed by atoms with Gasteiger partial charge >= 0.3 is 0 Å². The summed E-state index contributed by atoms with van der Waals surface area (Å²) in [4.78, 5) is 13.3. The number of nitrogens with zero attached hydrogens (tertiary/aromatic N) is 1. The predicted octanol–water partition coefficient (Wildman–Crippen LogP) is 1.19. The predicted molar refractivity (Wildman–Crippen MR) is 60.1 cm³/mol. The second kappa shape index (κ2) is 8.51. The van der Waals surface area contributed by atoms with Gasteiger partial charge < -0.3 is 10.2 Å². The van der Waals surface area contributed by atoms with E-state index in [1.807, 2.05) is 6.92 Å². The second-order valence-corrected chi connectivity index (χ2v) is 2.98. The number of carbonyl (C=O) groups excluding carboxylic acids is 1. The molecule has 0 heterocycles. The Bertz CT molecular complexity index is 180. The highest BCUT2D eigenvalue weighted by atomic mass is 16.2. The molecule has 0 fully saturated rings. The van der Waals surface area contributed by atoms with Gasteiger partial charge in [-0.15, -0.1) is 13.2 Å². The molecule has 0 atom stereocenters. The molecule has 0 aromatic rings. The van der Waals surface area contributed by atoms with E-state index in [2.05, 4.69) is 18.5 Å². The normalized spacial score (nSPS) is 9.50. The van der Waals surface area contributed by atoms with Gasteiger partial charge in [-0.3, -0.25) is 4.79 Å². The molecule has 0 aromatic carbocycles. The van der Waals surface area contributed by atoms with Crippen molar-refractivity contribution >= 4 is 5.91 Å². The Hall–Kier alpha value is -1.09. The van der Waals surface area contributed by atoms with Crippen LogP contribution < -0.4 is 5.32 Å². The third-order valence-electron chi connectivity index (χ3n) is 1.82. The molecule has 14 heavy (non-hydrogen) atoms. The van der Waals surface area contributed by atoms with Crippen molar-refractivity contribution in [1.82, 2.24) is 10.2 Å². The van der Waals surface area contributed by atoms with E-state index in [1.165, 1.54) is 0 Å². The molecule has 0 spiro atoms. The summed E-state index contributed by atoms with van der Waals surface area (Å²) in [7, 11) is 0. The van der Waals surface area contributed by atoms with Crippen molar-refractivity contribution in [2.24, 2.45) is 0 Å². The molecule has 0 bridgehead atoms. The lowest BCUT2D eigenvalue weighted by Crippen LogP contribution is -2.33. The first-order chi connectivity index (χ1) is 6.76. The van der Waals surface area contributed by atoms with Crippen LogP contribution in [0.4, 0.5) is 0 Å². The molecule has 80 valence electrons. The Balaban J connectivity index is 3.87. The van der Waals surface area contributed by atoms with Gasteiger partial charge in [0.1, 0.15) is 0 Å². The summed E-state index contributed by atoms with van der Waals surface area (Å²) in [6.07, 6.45) is 4.00. The lowest BCUT2D eigenvalue weighted by Gasteiger charge is -2.19. The van der Waals surface area contributed by atoms with Crippen LogP contribution in [0.3, 0.4) is 0 Å². The van der Waals surface area contributed by atoms with E-state index >= 15 is 0 Å². The maximum Gasteiger partial charge on any atom is 0.224 e. The average Bonchev–Trinajstić information content (AvgIpc) is 2.18. The van der Waals surface area contributed by atoms with E-state index in [0.717, 1.165) is 13.1 Å². The van der Waals surface area contributed by atoms with Crippen LogP contribution in [0.1, 0.15) is 13.3 Å². The molecule has 0 unspecified atom stereocenters. The molecule has 0 saturated carbocycles. The fraction of sp³-hybridized carbons (Fsp3) is 0.545. The topological polar surface area (TPSA) is 32.3 Å². The molecule has 0 saturated heterocycles. The fourth-order valence-corrected chi connectivity index (χ4v) is 1.12. The van der Waals surface area contributed by atoms with Crippen molar-refractivity contribution < 1.29 is 4.79 Å². The summed E-state index contributed by atoms with van der Waals surface area (Å²) >= 11 is 0. The third kappa shape index (κ3) is 5.54. The molecule has 0 aromatic heterocycles. The van der Waals surface area contributed by atoms with Crippen LogP contribution in [0, 0.1) is 0 Å². The molecular weight excluding hydrogens is 176 g/mol. The van der Waals surface area contributed by atoms with Gasteiger partial charge in [0, 0.05) is 26.1 Å². The third-order valence-corrected chi connectivity index (χ3v) is 1.82. The highest BCUT2D eigenvalue weighted by Gasteiger charge is 2.08. The summed E-state index contributed by atoms with van der Waals surface area (Å²) in [6.45, 7) is 12.1. The van der Waals surface area contributed by atoms with Crippen molar-refractivity contribution in [1.29, 1.82) is 0 Å². The minimum atomic E-state index is 0.144. The Morgan fingerprint density at radius 3 is 2.36 bits per heavy atom. The first-order valence-corrected chi connectivity index (χ1v) is 4.96. The zero-order valence-corrected chi connectivity index (χ0v) is 8.96. The van der Waals surface area contributed by atoms with E-state index in [0.29, 0.717) is 19.5 Å². The van der Waals surface area contributed by atoms with Gasteiger partial charge in [0.25, 0.3) is 0 Å². The number of hydrogen-bond acceptors (Lipinski definition) is 2. The molecule has 0 radical (unpaired) electrons. The maximum absolute atomic E-state index is 11.6. The molecule has 3 heteroatoms. The van der Waals surface area contributed by atoms with Crippen molar-refractivity contribution in [3.8, 4) is 0 Å². The van der Waals surface area contributed by atoms with Crippen molar-refractivity contribution in [3.05, 3.63) is 25.3 Å². The van der Waals surface area contributed by atoms with Gasteiger partial charge in [0.2, 0.25) is 5.91 Å². The smallest absolute Gasteiger partial charge is 0.224 e. The largest absolute Gasteiger partial charge is 0.335 e. The van der Waals surface area contributed by atoms with Crippen LogP contribution in [0.5, 0.6) is 0 Å². The molecule has 0 aliphatic rings. The zero-order chi connectivity index (χ0) is 10.8. The summed E-state index contributed by atoms with van der Waals surface area (Å²) in [5.41, 5.74) is 0. The Labute approximate surface area is 86.5 Å². The van der Waals surface area contributed by atoms with Crippen LogP contribution in [0.15, 0.2) is 25.3 Å². The highest BCUT2D eigenvalue weighted by molar-refractivity contribution is 5.76. The second-order valence-electron chi connectivity index (χ2n) is 2.98. The summed E-state index contributed by atoms with van der Waals surface area (Å²) in [5, 5.41) is 3.12. The molecule has 1 N–H and O–H groups in total. The first-order valence-electron chi connectivity index (χ1n) is 4.96. The van der Waals surface area contributed by atoms with Crippen molar-refractivity contribution in [2.45, 2.75) is 13.3 Å². The van der Waals surface area contributed by atoms with Gasteiger partial charge in [-0.25, -0.2) is 0 Å². The van der Waals surface area contributed by atoms with Crippen LogP contribution in [0.25, 0.3) is 0 Å². The number of rotatable bonds is 8. The number of hydrogen-bond donors (Lipinski definition) is 1. The van der Waals surface area contributed by atoms with Crippen LogP contribution in [-0.4, -0.2) is 37.0 Å². The standard InChI is InChI=1S/C11H20N2O/c1-4-9-13(10-5-2)11(14)7-8-12-6-3/h4-5,12H,1-2,6-10H2,3H3. The van der Waals surface area contributed by atoms with Gasteiger partial charge in [-0.05, 0) is 6.54 Å². The minimum Gasteiger partial charge on any atom is -0.335 e. The van der Waals surface area contributed by atoms with E-state index in [4.69, 9.17) is 0 Å². The molecule has 3 nitrogen and oxygen atoms in total. The van der Waals surface area contributed by atoms with Crippen LogP contribution in [-0.2, 0) is 4.79 Å². The quantitative estimate of drug-likeness (QED) is 0.467. The zero-order valence-electron chi connectivity index (χ0n) is 8.96. The maximum atomic E-state index is 11.6. The van der Waals surface area contributed by atoms with E-state index in [1.54, 1.807) is 17.1 Å². The number of nitrogens with one attached hydrogen (secondary N) is 1. The van der Waals surface area contributed by atoms with Gasteiger partial charge in [0.15, 0.2) is 0 Å². The van der Waals surface area contributed by atoms with Crippen LogP contribution in [0.2, 0.25) is 0 Å². The summed E-state index contributed by atoms with van der Waals surface area (Å²) < 4.78 is 0. The molecular formula is C11H20N2O. The number of carbonyl (C=O) groups is 1. The highest BCUT2D eigenvalue weighted by Crippen LogP contribution is 1.94. The molecule has 0 rings (SSSR count). The van der Waals surface area contributed by atoms with E-state index in [9.17, 15) is 4.79 Å². The van der Waals surface area contributed by atoms with E-state index in [-0.39, 0.29) is 5.91 Å². The fourth-order valence-electron chi connectivity index (χ4n) is 1.12. The van der Waals surface area contributed by atoms with Gasteiger partial charge in [0.05, 0.1) is 0 Å². The SMILES string of the molecule is C=CCN(CC=C)C(=O)CCNCC. The van der Waals surface area contributed by atoms with Crippen molar-refractivity contribution in [2.75, 3.05) is 26.2 Å².